The van der Waals surface area contributed by atoms with E-state index in [0.717, 1.165) is 73.1 Å². The van der Waals surface area contributed by atoms with E-state index in [4.69, 9.17) is 14.7 Å². The second-order valence-corrected chi connectivity index (χ2v) is 14.2. The Labute approximate surface area is 297 Å². The monoisotopic (exact) mass is 657 g/mol. The smallest absolute Gasteiger partial charge is 0.157 e. The number of hydrogen-bond acceptors (Lipinski definition) is 4. The average Bonchev–Trinajstić information content (AvgIpc) is 3.66. The number of aromatic nitrogens is 2. The number of allylic oxidation sites excluding steroid dienone is 2. The van der Waals surface area contributed by atoms with Crippen LogP contribution in [0.1, 0.15) is 36.6 Å². The van der Waals surface area contributed by atoms with Gasteiger partial charge >= 0.3 is 0 Å². The minimum absolute atomic E-state index is 0.0435. The average molecular weight is 658 g/mol. The quantitative estimate of drug-likeness (QED) is 0.200. The predicted molar refractivity (Wildman–Crippen MR) is 209 cm³/mol. The fourth-order valence-electron chi connectivity index (χ4n) is 8.13. The van der Waals surface area contributed by atoms with Gasteiger partial charge in [-0.25, -0.2) is 9.97 Å². The second kappa shape index (κ2) is 11.4. The lowest BCUT2D eigenvalue weighted by Crippen LogP contribution is -2.18. The topological polar surface area (TPSA) is 47.0 Å². The van der Waals surface area contributed by atoms with E-state index in [1.807, 2.05) is 6.07 Å². The number of rotatable bonds is 5. The van der Waals surface area contributed by atoms with Crippen molar-refractivity contribution in [3.05, 3.63) is 175 Å². The summed E-state index contributed by atoms with van der Waals surface area (Å²) in [4.78, 5) is 11.0. The number of nitrogens with one attached hydrogen (secondary N) is 1. The Kier molecular flexibility index (Phi) is 6.62. The second-order valence-electron chi connectivity index (χ2n) is 14.2. The van der Waals surface area contributed by atoms with Crippen molar-refractivity contribution in [1.82, 2.24) is 9.97 Å². The Hall–Kier alpha value is -6.26. The van der Waals surface area contributed by atoms with Gasteiger partial charge in [-0.15, -0.1) is 0 Å². The van der Waals surface area contributed by atoms with Crippen molar-refractivity contribution in [2.75, 3.05) is 5.32 Å². The SMILES string of the molecule is CC1(C)c2cc(-c3cccc4c3OC3C=CC=CC43)ccc2-c2nc(-c3ccccc3)c(Nc3cc4ccccc4cc3-c3ccccc3)nc21. The number of anilines is 2. The van der Waals surface area contributed by atoms with Crippen LogP contribution in [0.3, 0.4) is 0 Å². The van der Waals surface area contributed by atoms with Gasteiger partial charge in [0, 0.05) is 44.8 Å². The van der Waals surface area contributed by atoms with Crippen LogP contribution >= 0.6 is 0 Å². The first-order chi connectivity index (χ1) is 25.0. The van der Waals surface area contributed by atoms with Gasteiger partial charge in [0.2, 0.25) is 0 Å². The normalized spacial score (nSPS) is 17.4. The van der Waals surface area contributed by atoms with E-state index in [9.17, 15) is 0 Å². The highest BCUT2D eigenvalue weighted by atomic mass is 16.5. The molecule has 1 aliphatic heterocycles. The molecule has 1 N–H and O–H groups in total. The fourth-order valence-corrected chi connectivity index (χ4v) is 8.13. The highest BCUT2D eigenvalue weighted by Gasteiger charge is 2.40. The van der Waals surface area contributed by atoms with Crippen LogP contribution in [0.15, 0.2) is 158 Å². The maximum absolute atomic E-state index is 6.56. The first-order valence-corrected chi connectivity index (χ1v) is 17.7. The predicted octanol–water partition coefficient (Wildman–Crippen LogP) is 11.7. The van der Waals surface area contributed by atoms with Crippen molar-refractivity contribution >= 4 is 22.3 Å². The maximum atomic E-state index is 6.56. The van der Waals surface area contributed by atoms with Crippen LogP contribution < -0.4 is 10.1 Å². The van der Waals surface area contributed by atoms with Crippen molar-refractivity contribution in [3.8, 4) is 50.5 Å². The molecule has 2 aliphatic carbocycles. The van der Waals surface area contributed by atoms with E-state index in [2.05, 4.69) is 171 Å². The lowest BCUT2D eigenvalue weighted by molar-refractivity contribution is 0.270. The van der Waals surface area contributed by atoms with E-state index in [-0.39, 0.29) is 17.4 Å². The summed E-state index contributed by atoms with van der Waals surface area (Å²) in [6.07, 6.45) is 8.65. The van der Waals surface area contributed by atoms with E-state index in [1.54, 1.807) is 0 Å². The molecule has 4 heteroatoms. The zero-order chi connectivity index (χ0) is 34.1. The van der Waals surface area contributed by atoms with Crippen LogP contribution in [-0.4, -0.2) is 16.1 Å². The largest absolute Gasteiger partial charge is 0.484 e. The number of fused-ring (bicyclic) bond motifs is 7. The van der Waals surface area contributed by atoms with Crippen LogP contribution in [0.25, 0.3) is 55.5 Å². The number of nitrogens with zero attached hydrogens (tertiary/aromatic N) is 2. The summed E-state index contributed by atoms with van der Waals surface area (Å²) < 4.78 is 6.56. The molecule has 0 saturated carbocycles. The Morgan fingerprint density at radius 1 is 0.588 bits per heavy atom. The molecule has 0 spiro atoms. The van der Waals surface area contributed by atoms with Crippen LogP contribution in [0, 0.1) is 0 Å². The van der Waals surface area contributed by atoms with Crippen molar-refractivity contribution in [3.63, 3.8) is 0 Å². The van der Waals surface area contributed by atoms with Gasteiger partial charge in [0.1, 0.15) is 17.5 Å². The summed E-state index contributed by atoms with van der Waals surface area (Å²) in [7, 11) is 0. The Morgan fingerprint density at radius 3 is 2.12 bits per heavy atom. The summed E-state index contributed by atoms with van der Waals surface area (Å²) in [6.45, 7) is 4.53. The van der Waals surface area contributed by atoms with Gasteiger partial charge < -0.3 is 10.1 Å². The third kappa shape index (κ3) is 4.74. The van der Waals surface area contributed by atoms with Crippen molar-refractivity contribution in [1.29, 1.82) is 0 Å². The van der Waals surface area contributed by atoms with Gasteiger partial charge in [-0.05, 0) is 51.7 Å². The van der Waals surface area contributed by atoms with Gasteiger partial charge in [0.15, 0.2) is 5.82 Å². The third-order valence-corrected chi connectivity index (χ3v) is 10.8. The van der Waals surface area contributed by atoms with Crippen LogP contribution in [0.4, 0.5) is 11.5 Å². The van der Waals surface area contributed by atoms with Crippen molar-refractivity contribution < 1.29 is 4.74 Å². The van der Waals surface area contributed by atoms with Gasteiger partial charge in [0.05, 0.1) is 11.4 Å². The lowest BCUT2D eigenvalue weighted by Gasteiger charge is -2.22. The van der Waals surface area contributed by atoms with Crippen molar-refractivity contribution in [2.45, 2.75) is 31.3 Å². The first-order valence-electron chi connectivity index (χ1n) is 17.7. The molecule has 3 aliphatic rings. The van der Waals surface area contributed by atoms with Gasteiger partial charge in [-0.2, -0.15) is 0 Å². The van der Waals surface area contributed by atoms with Gasteiger partial charge in [-0.1, -0.05) is 147 Å². The highest BCUT2D eigenvalue weighted by molar-refractivity contribution is 5.96. The van der Waals surface area contributed by atoms with Crippen molar-refractivity contribution in [2.24, 2.45) is 0 Å². The number of ether oxygens (including phenoxy) is 1. The lowest BCUT2D eigenvalue weighted by atomic mass is 9.83. The molecule has 0 fully saturated rings. The van der Waals surface area contributed by atoms with Crippen LogP contribution in [0.2, 0.25) is 0 Å². The minimum Gasteiger partial charge on any atom is -0.484 e. The van der Waals surface area contributed by atoms with E-state index < -0.39 is 0 Å². The van der Waals surface area contributed by atoms with Gasteiger partial charge in [0.25, 0.3) is 0 Å². The Bertz CT molecular complexity index is 2570. The van der Waals surface area contributed by atoms with E-state index in [1.165, 1.54) is 16.5 Å². The highest BCUT2D eigenvalue weighted by Crippen LogP contribution is 2.52. The molecular formula is C47H35N3O. The molecule has 0 amide bonds. The number of hydrogen-bond donors (Lipinski definition) is 1. The zero-order valence-electron chi connectivity index (χ0n) is 28.5. The minimum atomic E-state index is -0.386. The molecule has 51 heavy (non-hydrogen) atoms. The summed E-state index contributed by atoms with van der Waals surface area (Å²) in [6, 6.07) is 47.3. The summed E-state index contributed by atoms with van der Waals surface area (Å²) in [5.74, 6) is 1.97. The third-order valence-electron chi connectivity index (χ3n) is 10.8. The summed E-state index contributed by atoms with van der Waals surface area (Å²) in [5.41, 5.74) is 12.5. The molecule has 0 bridgehead atoms. The molecule has 2 unspecified atom stereocenters. The maximum Gasteiger partial charge on any atom is 0.157 e. The van der Waals surface area contributed by atoms with E-state index >= 15 is 0 Å². The molecule has 2 heterocycles. The molecule has 0 radical (unpaired) electrons. The molecule has 0 saturated heterocycles. The molecule has 2 atom stereocenters. The molecule has 4 nitrogen and oxygen atoms in total. The summed E-state index contributed by atoms with van der Waals surface area (Å²) >= 11 is 0. The Balaban J connectivity index is 1.12. The van der Waals surface area contributed by atoms with Crippen LogP contribution in [0.5, 0.6) is 5.75 Å². The fraction of sp³-hybridized carbons (Fsp3) is 0.106. The number of benzene rings is 6. The van der Waals surface area contributed by atoms with E-state index in [0.29, 0.717) is 0 Å². The molecule has 7 aromatic rings. The molecular weight excluding hydrogens is 623 g/mol. The first kappa shape index (κ1) is 29.6. The van der Waals surface area contributed by atoms with Gasteiger partial charge in [-0.3, -0.25) is 0 Å². The zero-order valence-corrected chi connectivity index (χ0v) is 28.5. The standard InChI is InChI=1S/C47H35N3O/c1-47(2)39-27-33(34-21-13-22-36-35-20-11-12-23-41(35)51-44(34)36)24-25-37(39)43-45(47)50-46(42(49-43)30-16-7-4-8-17-30)48-40-28-32-19-10-9-18-31(32)26-38(40)29-14-5-3-6-15-29/h3-28,35,41H,1-2H3,(H,48,50). The van der Waals surface area contributed by atoms with Crippen LogP contribution in [-0.2, 0) is 5.41 Å². The molecule has 1 aromatic heterocycles. The molecule has 10 rings (SSSR count). The molecule has 244 valence electrons. The number of para-hydroxylation sites is 1. The molecule has 6 aromatic carbocycles. The Morgan fingerprint density at radius 2 is 1.31 bits per heavy atom. The summed E-state index contributed by atoms with van der Waals surface area (Å²) in [5, 5.41) is 6.17.